The number of nitrogen functional groups attached to an aromatic ring is 1. The highest BCUT2D eigenvalue weighted by Crippen LogP contribution is 2.06. The van der Waals surface area contributed by atoms with Gasteiger partial charge in [0.25, 0.3) is 5.56 Å². The van der Waals surface area contributed by atoms with E-state index in [1.54, 1.807) is 12.3 Å². The quantitative estimate of drug-likeness (QED) is 0.487. The lowest BCUT2D eigenvalue weighted by Crippen LogP contribution is -2.10. The molecule has 0 saturated carbocycles. The Morgan fingerprint density at radius 1 is 1.55 bits per heavy atom. The van der Waals surface area contributed by atoms with Gasteiger partial charge in [0.05, 0.1) is 11.9 Å². The smallest absolute Gasteiger partial charge is 0.272 e. The van der Waals surface area contributed by atoms with Gasteiger partial charge < -0.3 is 10.7 Å². The van der Waals surface area contributed by atoms with Crippen LogP contribution >= 0.6 is 0 Å². The van der Waals surface area contributed by atoms with Gasteiger partial charge in [0.15, 0.2) is 0 Å². The van der Waals surface area contributed by atoms with Crippen LogP contribution in [0.3, 0.4) is 0 Å². The topological polar surface area (TPSA) is 87.6 Å². The number of fused-ring (bicyclic) bond motifs is 1. The molecule has 2 rings (SSSR count). The highest BCUT2D eigenvalue weighted by molar-refractivity contribution is 5.76. The van der Waals surface area contributed by atoms with Crippen LogP contribution in [-0.2, 0) is 0 Å². The van der Waals surface area contributed by atoms with Crippen molar-refractivity contribution in [2.24, 2.45) is 0 Å². The SMILES string of the molecule is Nc1cc2cn[nH]c2[nH]c1=O. The Balaban J connectivity index is 2.97. The molecule has 2 aromatic rings. The summed E-state index contributed by atoms with van der Waals surface area (Å²) >= 11 is 0. The summed E-state index contributed by atoms with van der Waals surface area (Å²) < 4.78 is 0. The molecule has 0 fully saturated rings. The molecule has 11 heavy (non-hydrogen) atoms. The van der Waals surface area contributed by atoms with E-state index in [1.807, 2.05) is 0 Å². The van der Waals surface area contributed by atoms with Gasteiger partial charge in [-0.25, -0.2) is 0 Å². The predicted molar refractivity (Wildman–Crippen MR) is 41.1 cm³/mol. The van der Waals surface area contributed by atoms with E-state index in [0.29, 0.717) is 5.65 Å². The lowest BCUT2D eigenvalue weighted by atomic mass is 10.3. The van der Waals surface area contributed by atoms with Gasteiger partial charge >= 0.3 is 0 Å². The molecule has 5 nitrogen and oxygen atoms in total. The number of rotatable bonds is 0. The molecule has 0 radical (unpaired) electrons. The minimum Gasteiger partial charge on any atom is -0.394 e. The van der Waals surface area contributed by atoms with E-state index in [-0.39, 0.29) is 11.2 Å². The summed E-state index contributed by atoms with van der Waals surface area (Å²) in [5, 5.41) is 7.17. The second-order valence-electron chi connectivity index (χ2n) is 2.25. The van der Waals surface area contributed by atoms with Gasteiger partial charge in [0.2, 0.25) is 0 Å². The van der Waals surface area contributed by atoms with Crippen molar-refractivity contribution in [2.75, 3.05) is 5.73 Å². The van der Waals surface area contributed by atoms with E-state index in [0.717, 1.165) is 5.39 Å². The fourth-order valence-electron chi connectivity index (χ4n) is 0.924. The fourth-order valence-corrected chi connectivity index (χ4v) is 0.924. The Morgan fingerprint density at radius 2 is 2.36 bits per heavy atom. The molecule has 56 valence electrons. The normalized spacial score (nSPS) is 10.5. The van der Waals surface area contributed by atoms with Gasteiger partial charge in [-0.15, -0.1) is 0 Å². The molecular weight excluding hydrogens is 144 g/mol. The van der Waals surface area contributed by atoms with Crippen LogP contribution in [0.15, 0.2) is 17.1 Å². The summed E-state index contributed by atoms with van der Waals surface area (Å²) in [5.74, 6) is 0. The second-order valence-corrected chi connectivity index (χ2v) is 2.25. The zero-order valence-corrected chi connectivity index (χ0v) is 5.59. The molecule has 0 aliphatic heterocycles. The first kappa shape index (κ1) is 5.96. The van der Waals surface area contributed by atoms with Gasteiger partial charge in [-0.05, 0) is 6.07 Å². The van der Waals surface area contributed by atoms with Crippen molar-refractivity contribution < 1.29 is 0 Å². The number of aromatic nitrogens is 3. The maximum absolute atomic E-state index is 10.9. The predicted octanol–water partition coefficient (Wildman–Crippen LogP) is -0.167. The van der Waals surface area contributed by atoms with Gasteiger partial charge in [0, 0.05) is 5.39 Å². The van der Waals surface area contributed by atoms with Crippen molar-refractivity contribution in [3.8, 4) is 0 Å². The van der Waals surface area contributed by atoms with Crippen LogP contribution in [0.2, 0.25) is 0 Å². The maximum Gasteiger partial charge on any atom is 0.272 e. The molecule has 0 atom stereocenters. The van der Waals surface area contributed by atoms with Crippen LogP contribution in [0.1, 0.15) is 0 Å². The summed E-state index contributed by atoms with van der Waals surface area (Å²) in [6.07, 6.45) is 1.60. The zero-order chi connectivity index (χ0) is 7.84. The van der Waals surface area contributed by atoms with Crippen LogP contribution in [0, 0.1) is 0 Å². The summed E-state index contributed by atoms with van der Waals surface area (Å²) in [4.78, 5) is 13.4. The number of pyridine rings is 1. The van der Waals surface area contributed by atoms with Crippen LogP contribution in [0.25, 0.3) is 11.0 Å². The molecule has 0 aliphatic carbocycles. The van der Waals surface area contributed by atoms with Gasteiger partial charge in [-0.3, -0.25) is 9.89 Å². The highest BCUT2D eigenvalue weighted by atomic mass is 16.1. The molecule has 0 aliphatic rings. The second kappa shape index (κ2) is 1.85. The highest BCUT2D eigenvalue weighted by Gasteiger charge is 1.98. The lowest BCUT2D eigenvalue weighted by Gasteiger charge is -1.90. The fraction of sp³-hybridized carbons (Fsp3) is 0. The Kier molecular flexibility index (Phi) is 1.00. The van der Waals surface area contributed by atoms with Gasteiger partial charge in [-0.1, -0.05) is 0 Å². The number of nitrogens with two attached hydrogens (primary N) is 1. The molecule has 2 aromatic heterocycles. The van der Waals surface area contributed by atoms with E-state index >= 15 is 0 Å². The minimum absolute atomic E-state index is 0.207. The van der Waals surface area contributed by atoms with E-state index in [4.69, 9.17) is 5.73 Å². The van der Waals surface area contributed by atoms with Crippen molar-refractivity contribution in [2.45, 2.75) is 0 Å². The van der Waals surface area contributed by atoms with Gasteiger partial charge in [-0.2, -0.15) is 5.10 Å². The van der Waals surface area contributed by atoms with Gasteiger partial charge in [0.1, 0.15) is 5.65 Å². The molecule has 0 saturated heterocycles. The van der Waals surface area contributed by atoms with Crippen molar-refractivity contribution >= 4 is 16.7 Å². The Bertz CT molecular complexity index is 441. The molecular formula is C6H6N4O. The summed E-state index contributed by atoms with van der Waals surface area (Å²) in [5.41, 5.74) is 5.88. The first-order chi connectivity index (χ1) is 5.27. The van der Waals surface area contributed by atoms with Crippen LogP contribution in [0.5, 0.6) is 0 Å². The van der Waals surface area contributed by atoms with Crippen molar-refractivity contribution in [1.29, 1.82) is 0 Å². The number of H-pyrrole nitrogens is 2. The Labute approximate surface area is 61.2 Å². The third-order valence-corrected chi connectivity index (χ3v) is 1.48. The third kappa shape index (κ3) is 0.778. The number of anilines is 1. The molecule has 4 N–H and O–H groups in total. The van der Waals surface area contributed by atoms with Crippen molar-refractivity contribution in [3.05, 3.63) is 22.6 Å². The monoisotopic (exact) mass is 150 g/mol. The first-order valence-corrected chi connectivity index (χ1v) is 3.09. The van der Waals surface area contributed by atoms with E-state index in [2.05, 4.69) is 15.2 Å². The van der Waals surface area contributed by atoms with E-state index in [1.165, 1.54) is 0 Å². The summed E-state index contributed by atoms with van der Waals surface area (Å²) in [6.45, 7) is 0. The number of nitrogens with one attached hydrogen (secondary N) is 2. The zero-order valence-electron chi connectivity index (χ0n) is 5.59. The molecule has 0 bridgehead atoms. The largest absolute Gasteiger partial charge is 0.394 e. The van der Waals surface area contributed by atoms with Crippen molar-refractivity contribution in [3.63, 3.8) is 0 Å². The molecule has 5 heteroatoms. The average molecular weight is 150 g/mol. The Hall–Kier alpha value is -1.78. The summed E-state index contributed by atoms with van der Waals surface area (Å²) in [6, 6.07) is 1.58. The third-order valence-electron chi connectivity index (χ3n) is 1.48. The molecule has 2 heterocycles. The van der Waals surface area contributed by atoms with Crippen LogP contribution in [-0.4, -0.2) is 15.2 Å². The molecule has 0 spiro atoms. The molecule has 0 amide bonds. The van der Waals surface area contributed by atoms with Crippen LogP contribution in [0.4, 0.5) is 5.69 Å². The van der Waals surface area contributed by atoms with E-state index < -0.39 is 0 Å². The Morgan fingerprint density at radius 3 is 3.18 bits per heavy atom. The maximum atomic E-state index is 10.9. The number of hydrogen-bond acceptors (Lipinski definition) is 3. The number of hydrogen-bond donors (Lipinski definition) is 3. The number of nitrogens with zero attached hydrogens (tertiary/aromatic N) is 1. The molecule has 0 aromatic carbocycles. The average Bonchev–Trinajstić information content (AvgIpc) is 2.36. The minimum atomic E-state index is -0.290. The van der Waals surface area contributed by atoms with Crippen molar-refractivity contribution in [1.82, 2.24) is 15.2 Å². The summed E-state index contributed by atoms with van der Waals surface area (Å²) in [7, 11) is 0. The lowest BCUT2D eigenvalue weighted by molar-refractivity contribution is 1.09. The van der Waals surface area contributed by atoms with E-state index in [9.17, 15) is 4.79 Å². The first-order valence-electron chi connectivity index (χ1n) is 3.09. The molecule has 0 unspecified atom stereocenters. The number of aromatic amines is 2. The van der Waals surface area contributed by atoms with Crippen LogP contribution < -0.4 is 11.3 Å². The standard InChI is InChI=1S/C6H6N4O/c7-4-1-3-2-8-10-5(3)9-6(4)11/h1-2H,7H2,(H2,8,9,10,11).